The van der Waals surface area contributed by atoms with Crippen molar-refractivity contribution in [2.75, 3.05) is 4.90 Å². The highest BCUT2D eigenvalue weighted by molar-refractivity contribution is 5.90. The van der Waals surface area contributed by atoms with Gasteiger partial charge in [-0.2, -0.15) is 5.26 Å². The third-order valence-electron chi connectivity index (χ3n) is 4.71. The molecule has 0 radical (unpaired) electrons. The maximum Gasteiger partial charge on any atom is 0.158 e. The summed E-state index contributed by atoms with van der Waals surface area (Å²) in [7, 11) is 0. The number of anilines is 1. The Morgan fingerprint density at radius 3 is 2.50 bits per heavy atom. The quantitative estimate of drug-likeness (QED) is 0.713. The number of aromatic nitrogens is 1. The Morgan fingerprint density at radius 2 is 1.88 bits per heavy atom. The molecule has 1 fully saturated rings. The minimum Gasteiger partial charge on any atom is -0.342 e. The van der Waals surface area contributed by atoms with Gasteiger partial charge in [-0.3, -0.25) is 4.98 Å². The number of rotatable bonds is 2. The first-order valence-corrected chi connectivity index (χ1v) is 8.54. The molecule has 4 rings (SSSR count). The standard InChI is InChI=1S/C21H17F2N3/c1-12-9-15(10-13(2)25-12)19-18(22)11-17-14(5-7-24)6-8-26(16-3-4-16)21(17)20(19)23/h5-6,8-11,16H,3-4H2,1-2H3/b14-5-. The highest BCUT2D eigenvalue weighted by atomic mass is 19.1. The second-order valence-corrected chi connectivity index (χ2v) is 6.77. The van der Waals surface area contributed by atoms with Crippen LogP contribution in [0.25, 0.3) is 16.7 Å². The fraction of sp³-hybridized carbons (Fsp3) is 0.238. The van der Waals surface area contributed by atoms with Crippen molar-refractivity contribution in [2.24, 2.45) is 0 Å². The first-order chi connectivity index (χ1) is 12.5. The number of aryl methyl sites for hydroxylation is 2. The molecule has 2 heterocycles. The molecule has 0 unspecified atom stereocenters. The van der Waals surface area contributed by atoms with Crippen molar-refractivity contribution in [1.82, 2.24) is 4.98 Å². The van der Waals surface area contributed by atoms with Gasteiger partial charge >= 0.3 is 0 Å². The molecule has 0 saturated heterocycles. The molecule has 0 bridgehead atoms. The van der Waals surface area contributed by atoms with E-state index in [9.17, 15) is 4.39 Å². The average Bonchev–Trinajstić information content (AvgIpc) is 3.39. The van der Waals surface area contributed by atoms with Crippen LogP contribution in [0.3, 0.4) is 0 Å². The predicted molar refractivity (Wildman–Crippen MR) is 97.3 cm³/mol. The van der Waals surface area contributed by atoms with Gasteiger partial charge in [-0.15, -0.1) is 0 Å². The van der Waals surface area contributed by atoms with E-state index in [1.807, 2.05) is 11.0 Å². The lowest BCUT2D eigenvalue weighted by molar-refractivity contribution is 0.586. The van der Waals surface area contributed by atoms with Crippen LogP contribution < -0.4 is 4.90 Å². The van der Waals surface area contributed by atoms with E-state index < -0.39 is 11.6 Å². The number of nitrogens with zero attached hydrogens (tertiary/aromatic N) is 3. The molecule has 1 aliphatic carbocycles. The van der Waals surface area contributed by atoms with E-state index in [2.05, 4.69) is 4.98 Å². The molecule has 1 aliphatic heterocycles. The zero-order valence-corrected chi connectivity index (χ0v) is 14.6. The maximum atomic E-state index is 15.6. The number of halogens is 2. The van der Waals surface area contributed by atoms with Gasteiger partial charge in [0.1, 0.15) is 5.82 Å². The summed E-state index contributed by atoms with van der Waals surface area (Å²) in [5.74, 6) is -1.23. The summed E-state index contributed by atoms with van der Waals surface area (Å²) in [6.07, 6.45) is 6.79. The molecule has 1 aromatic heterocycles. The lowest BCUT2D eigenvalue weighted by atomic mass is 9.93. The smallest absolute Gasteiger partial charge is 0.158 e. The van der Waals surface area contributed by atoms with E-state index in [0.717, 1.165) is 12.8 Å². The van der Waals surface area contributed by atoms with Crippen LogP contribution in [0.2, 0.25) is 0 Å². The molecule has 0 spiro atoms. The Balaban J connectivity index is 1.98. The predicted octanol–water partition coefficient (Wildman–Crippen LogP) is 5.05. The first-order valence-electron chi connectivity index (χ1n) is 8.54. The third kappa shape index (κ3) is 2.68. The van der Waals surface area contributed by atoms with Crippen molar-refractivity contribution in [1.29, 1.82) is 5.26 Å². The van der Waals surface area contributed by atoms with Gasteiger partial charge < -0.3 is 4.90 Å². The molecular formula is C21H17F2N3. The van der Waals surface area contributed by atoms with Crippen molar-refractivity contribution in [3.8, 4) is 17.2 Å². The van der Waals surface area contributed by atoms with E-state index in [1.165, 1.54) is 12.1 Å². The Bertz CT molecular complexity index is 991. The Labute approximate surface area is 150 Å². The number of benzene rings is 1. The summed E-state index contributed by atoms with van der Waals surface area (Å²) >= 11 is 0. The monoisotopic (exact) mass is 349 g/mol. The molecular weight excluding hydrogens is 332 g/mol. The van der Waals surface area contributed by atoms with Crippen molar-refractivity contribution in [3.05, 3.63) is 65.1 Å². The molecule has 5 heteroatoms. The van der Waals surface area contributed by atoms with Gasteiger partial charge in [0, 0.05) is 35.3 Å². The van der Waals surface area contributed by atoms with Crippen LogP contribution in [-0.2, 0) is 0 Å². The van der Waals surface area contributed by atoms with E-state index >= 15 is 4.39 Å². The minimum atomic E-state index is -0.638. The third-order valence-corrected chi connectivity index (χ3v) is 4.71. The summed E-state index contributed by atoms with van der Waals surface area (Å²) < 4.78 is 30.5. The molecule has 2 aliphatic rings. The lowest BCUT2D eigenvalue weighted by Crippen LogP contribution is -2.24. The van der Waals surface area contributed by atoms with Crippen LogP contribution in [-0.4, -0.2) is 11.0 Å². The lowest BCUT2D eigenvalue weighted by Gasteiger charge is -2.29. The molecule has 0 atom stereocenters. The van der Waals surface area contributed by atoms with Gasteiger partial charge in [0.05, 0.1) is 17.3 Å². The second-order valence-electron chi connectivity index (χ2n) is 6.77. The van der Waals surface area contributed by atoms with E-state index in [4.69, 9.17) is 5.26 Å². The molecule has 130 valence electrons. The van der Waals surface area contributed by atoms with Gasteiger partial charge in [0.25, 0.3) is 0 Å². The summed E-state index contributed by atoms with van der Waals surface area (Å²) in [6.45, 7) is 3.61. The molecule has 1 aromatic carbocycles. The topological polar surface area (TPSA) is 39.9 Å². The van der Waals surface area contributed by atoms with Gasteiger partial charge in [-0.25, -0.2) is 8.78 Å². The first kappa shape index (κ1) is 16.5. The Kier molecular flexibility index (Phi) is 3.84. The number of nitriles is 1. The van der Waals surface area contributed by atoms with Gasteiger partial charge in [0.2, 0.25) is 0 Å². The highest BCUT2D eigenvalue weighted by Crippen LogP contribution is 2.45. The summed E-state index contributed by atoms with van der Waals surface area (Å²) in [5.41, 5.74) is 3.13. The van der Waals surface area contributed by atoms with Crippen LogP contribution >= 0.6 is 0 Å². The number of hydrogen-bond acceptors (Lipinski definition) is 3. The fourth-order valence-electron chi connectivity index (χ4n) is 3.50. The summed E-state index contributed by atoms with van der Waals surface area (Å²) in [5, 5.41) is 9.00. The number of fused-ring (bicyclic) bond motifs is 1. The van der Waals surface area contributed by atoms with E-state index in [-0.39, 0.29) is 11.6 Å². The highest BCUT2D eigenvalue weighted by Gasteiger charge is 2.35. The van der Waals surface area contributed by atoms with Crippen molar-refractivity contribution in [2.45, 2.75) is 32.7 Å². The van der Waals surface area contributed by atoms with Crippen LogP contribution in [0.1, 0.15) is 29.8 Å². The zero-order chi connectivity index (χ0) is 18.4. The summed E-state index contributed by atoms with van der Waals surface area (Å²) in [4.78, 5) is 6.15. The molecule has 1 saturated carbocycles. The van der Waals surface area contributed by atoms with Crippen molar-refractivity contribution < 1.29 is 8.78 Å². The van der Waals surface area contributed by atoms with Crippen LogP contribution in [0, 0.1) is 36.8 Å². The zero-order valence-electron chi connectivity index (χ0n) is 14.6. The Hall–Kier alpha value is -3.00. The summed E-state index contributed by atoms with van der Waals surface area (Å²) in [6, 6.07) is 6.89. The molecule has 0 N–H and O–H groups in total. The largest absolute Gasteiger partial charge is 0.342 e. The van der Waals surface area contributed by atoms with Crippen molar-refractivity contribution >= 4 is 11.3 Å². The van der Waals surface area contributed by atoms with Gasteiger partial charge in [-0.1, -0.05) is 0 Å². The number of hydrogen-bond donors (Lipinski definition) is 0. The second kappa shape index (κ2) is 6.06. The Morgan fingerprint density at radius 1 is 1.19 bits per heavy atom. The maximum absolute atomic E-state index is 15.6. The number of pyridine rings is 1. The van der Waals surface area contributed by atoms with E-state index in [0.29, 0.717) is 33.8 Å². The fourth-order valence-corrected chi connectivity index (χ4v) is 3.50. The minimum absolute atomic E-state index is 0.0467. The molecule has 26 heavy (non-hydrogen) atoms. The SMILES string of the molecule is Cc1cc(-c2c(F)cc3c(c2F)N(C2CC2)C=C/C3=C/C#N)cc(C)n1. The van der Waals surface area contributed by atoms with Gasteiger partial charge in [-0.05, 0) is 62.1 Å². The van der Waals surface area contributed by atoms with Crippen LogP contribution in [0.4, 0.5) is 14.5 Å². The van der Waals surface area contributed by atoms with Gasteiger partial charge in [0.15, 0.2) is 5.82 Å². The van der Waals surface area contributed by atoms with Crippen molar-refractivity contribution in [3.63, 3.8) is 0 Å². The number of allylic oxidation sites excluding steroid dienone is 3. The molecule has 2 aromatic rings. The normalized spacial score (nSPS) is 17.3. The van der Waals surface area contributed by atoms with E-state index in [1.54, 1.807) is 38.3 Å². The molecule has 0 amide bonds. The molecule has 3 nitrogen and oxygen atoms in total. The van der Waals surface area contributed by atoms with Crippen LogP contribution in [0.15, 0.2) is 36.6 Å². The van der Waals surface area contributed by atoms with Crippen LogP contribution in [0.5, 0.6) is 0 Å². The average molecular weight is 349 g/mol.